The Morgan fingerprint density at radius 2 is 2.24 bits per heavy atom. The van der Waals surface area contributed by atoms with Crippen LogP contribution in [0.3, 0.4) is 0 Å². The van der Waals surface area contributed by atoms with Gasteiger partial charge in [-0.25, -0.2) is 9.97 Å². The lowest BCUT2D eigenvalue weighted by atomic mass is 10.2. The molecule has 1 N–H and O–H groups in total. The zero-order chi connectivity index (χ0) is 12.3. The Morgan fingerprint density at radius 3 is 2.88 bits per heavy atom. The second kappa shape index (κ2) is 5.25. The van der Waals surface area contributed by atoms with E-state index in [2.05, 4.69) is 9.97 Å². The Labute approximate surface area is 105 Å². The van der Waals surface area contributed by atoms with Crippen molar-refractivity contribution in [3.05, 3.63) is 40.0 Å². The first-order chi connectivity index (χ1) is 8.22. The molecule has 2 aromatic heterocycles. The van der Waals surface area contributed by atoms with Crippen molar-refractivity contribution < 1.29 is 5.11 Å². The maximum Gasteiger partial charge on any atom is 0.134 e. The molecule has 2 heterocycles. The third kappa shape index (κ3) is 2.62. The van der Waals surface area contributed by atoms with E-state index in [9.17, 15) is 5.11 Å². The number of aliphatic hydroxyl groups is 1. The maximum atomic E-state index is 9.27. The normalized spacial score (nSPS) is 10.5. The lowest BCUT2D eigenvalue weighted by Crippen LogP contribution is -2.19. The summed E-state index contributed by atoms with van der Waals surface area (Å²) in [6.45, 7) is 2.78. The van der Waals surface area contributed by atoms with Crippen LogP contribution < -0.4 is 4.90 Å². The van der Waals surface area contributed by atoms with E-state index >= 15 is 0 Å². The van der Waals surface area contributed by atoms with Crippen LogP contribution in [0.4, 0.5) is 5.82 Å². The van der Waals surface area contributed by atoms with Gasteiger partial charge in [0.2, 0.25) is 0 Å². The first kappa shape index (κ1) is 12.0. The molecule has 0 saturated heterocycles. The highest BCUT2D eigenvalue weighted by molar-refractivity contribution is 7.09. The fourth-order valence-electron chi connectivity index (χ4n) is 1.67. The molecule has 0 fully saturated rings. The highest BCUT2D eigenvalue weighted by Gasteiger charge is 2.10. The summed E-state index contributed by atoms with van der Waals surface area (Å²) in [7, 11) is 1.97. The first-order valence-electron chi connectivity index (χ1n) is 5.37. The van der Waals surface area contributed by atoms with Crippen molar-refractivity contribution in [2.45, 2.75) is 20.1 Å². The van der Waals surface area contributed by atoms with Crippen LogP contribution in [0, 0.1) is 6.92 Å². The number of anilines is 1. The molecule has 4 nitrogen and oxygen atoms in total. The molecule has 5 heteroatoms. The number of aryl methyl sites for hydroxylation is 1. The monoisotopic (exact) mass is 249 g/mol. The van der Waals surface area contributed by atoms with E-state index in [1.807, 2.05) is 36.5 Å². The maximum absolute atomic E-state index is 9.27. The molecule has 17 heavy (non-hydrogen) atoms. The summed E-state index contributed by atoms with van der Waals surface area (Å²) in [4.78, 5) is 11.8. The van der Waals surface area contributed by atoms with Gasteiger partial charge in [0.1, 0.15) is 5.82 Å². The van der Waals surface area contributed by atoms with Crippen LogP contribution in [0.5, 0.6) is 0 Å². The van der Waals surface area contributed by atoms with Crippen LogP contribution in [0.1, 0.15) is 16.1 Å². The van der Waals surface area contributed by atoms with Gasteiger partial charge in [0.25, 0.3) is 0 Å². The Balaban J connectivity index is 2.20. The molecule has 0 aromatic carbocycles. The number of aromatic nitrogens is 2. The molecule has 0 aliphatic rings. The average molecular weight is 249 g/mol. The van der Waals surface area contributed by atoms with Gasteiger partial charge in [-0.05, 0) is 13.0 Å². The van der Waals surface area contributed by atoms with Crippen LogP contribution in [-0.2, 0) is 13.2 Å². The highest BCUT2D eigenvalue weighted by Crippen LogP contribution is 2.20. The van der Waals surface area contributed by atoms with Crippen molar-refractivity contribution in [3.63, 3.8) is 0 Å². The number of thiazole rings is 1. The third-order valence-electron chi connectivity index (χ3n) is 2.63. The van der Waals surface area contributed by atoms with E-state index in [0.29, 0.717) is 0 Å². The van der Waals surface area contributed by atoms with Gasteiger partial charge in [0.05, 0.1) is 24.4 Å². The van der Waals surface area contributed by atoms with Crippen LogP contribution in [0.15, 0.2) is 23.8 Å². The van der Waals surface area contributed by atoms with Gasteiger partial charge < -0.3 is 10.0 Å². The van der Waals surface area contributed by atoms with E-state index in [1.54, 1.807) is 17.5 Å². The van der Waals surface area contributed by atoms with Crippen molar-refractivity contribution >= 4 is 17.2 Å². The van der Waals surface area contributed by atoms with Gasteiger partial charge in [0.15, 0.2) is 0 Å². The fraction of sp³-hybridized carbons (Fsp3) is 0.333. The van der Waals surface area contributed by atoms with Crippen LogP contribution in [0.2, 0.25) is 0 Å². The van der Waals surface area contributed by atoms with Crippen LogP contribution in [-0.4, -0.2) is 22.1 Å². The minimum absolute atomic E-state index is 0.00911. The van der Waals surface area contributed by atoms with Crippen LogP contribution >= 0.6 is 11.3 Å². The zero-order valence-electron chi connectivity index (χ0n) is 9.92. The number of hydrogen-bond donors (Lipinski definition) is 1. The Hall–Kier alpha value is -1.46. The van der Waals surface area contributed by atoms with E-state index in [-0.39, 0.29) is 6.61 Å². The molecule has 0 saturated carbocycles. The molecule has 0 radical (unpaired) electrons. The smallest absolute Gasteiger partial charge is 0.134 e. The minimum atomic E-state index is 0.00911. The van der Waals surface area contributed by atoms with Gasteiger partial charge in [-0.3, -0.25) is 0 Å². The van der Waals surface area contributed by atoms with E-state index in [0.717, 1.165) is 23.6 Å². The first-order valence-corrected chi connectivity index (χ1v) is 6.25. The second-order valence-corrected chi connectivity index (χ2v) is 4.80. The summed E-state index contributed by atoms with van der Waals surface area (Å²) in [5, 5.41) is 9.27. The molecule has 90 valence electrons. The molecule has 0 aliphatic heterocycles. The van der Waals surface area contributed by atoms with Gasteiger partial charge in [-0.1, -0.05) is 6.07 Å². The minimum Gasteiger partial charge on any atom is -0.392 e. The molecule has 0 atom stereocenters. The summed E-state index contributed by atoms with van der Waals surface area (Å²) in [5.74, 6) is 0.822. The van der Waals surface area contributed by atoms with Gasteiger partial charge in [0, 0.05) is 23.7 Å². The van der Waals surface area contributed by atoms with E-state index < -0.39 is 0 Å². The number of aliphatic hydroxyl groups excluding tert-OH is 1. The van der Waals surface area contributed by atoms with Crippen molar-refractivity contribution in [1.82, 2.24) is 9.97 Å². The molecular weight excluding hydrogens is 234 g/mol. The second-order valence-electron chi connectivity index (χ2n) is 3.86. The summed E-state index contributed by atoms with van der Waals surface area (Å²) >= 11 is 1.64. The topological polar surface area (TPSA) is 49.2 Å². The number of pyridine rings is 1. The number of nitrogens with zero attached hydrogens (tertiary/aromatic N) is 3. The van der Waals surface area contributed by atoms with Crippen molar-refractivity contribution in [1.29, 1.82) is 0 Å². The summed E-state index contributed by atoms with van der Waals surface area (Å²) in [6, 6.07) is 3.72. The van der Waals surface area contributed by atoms with Gasteiger partial charge >= 0.3 is 0 Å². The summed E-state index contributed by atoms with van der Waals surface area (Å²) in [6.07, 6.45) is 1.74. The molecular formula is C12H15N3OS. The number of hydrogen-bond acceptors (Lipinski definition) is 5. The Morgan fingerprint density at radius 1 is 1.41 bits per heavy atom. The average Bonchev–Trinajstić information content (AvgIpc) is 2.75. The Bertz CT molecular complexity index is 498. The molecule has 0 amide bonds. The SMILES string of the molecule is Cc1ncsc1CN(C)c1ncccc1CO. The van der Waals surface area contributed by atoms with Crippen LogP contribution in [0.25, 0.3) is 0 Å². The molecule has 2 aromatic rings. The largest absolute Gasteiger partial charge is 0.392 e. The summed E-state index contributed by atoms with van der Waals surface area (Å²) in [5.41, 5.74) is 3.75. The quantitative estimate of drug-likeness (QED) is 0.900. The zero-order valence-corrected chi connectivity index (χ0v) is 10.7. The van der Waals surface area contributed by atoms with Crippen molar-refractivity contribution in [2.24, 2.45) is 0 Å². The van der Waals surface area contributed by atoms with Gasteiger partial charge in [-0.2, -0.15) is 0 Å². The Kier molecular flexibility index (Phi) is 3.71. The molecule has 0 spiro atoms. The highest BCUT2D eigenvalue weighted by atomic mass is 32.1. The molecule has 0 bridgehead atoms. The molecule has 0 aliphatic carbocycles. The van der Waals surface area contributed by atoms with E-state index in [4.69, 9.17) is 0 Å². The standard InChI is InChI=1S/C12H15N3OS/c1-9-11(17-8-14-9)6-15(2)12-10(7-16)4-3-5-13-12/h3-5,8,16H,6-7H2,1-2H3. The predicted molar refractivity (Wildman–Crippen MR) is 69.1 cm³/mol. The summed E-state index contributed by atoms with van der Waals surface area (Å²) < 4.78 is 0. The van der Waals surface area contributed by atoms with Crippen molar-refractivity contribution in [3.8, 4) is 0 Å². The third-order valence-corrected chi connectivity index (χ3v) is 3.54. The number of rotatable bonds is 4. The molecule has 0 unspecified atom stereocenters. The lowest BCUT2D eigenvalue weighted by Gasteiger charge is -2.19. The fourth-order valence-corrected chi connectivity index (χ4v) is 2.50. The van der Waals surface area contributed by atoms with Crippen molar-refractivity contribution in [2.75, 3.05) is 11.9 Å². The predicted octanol–water partition coefficient (Wildman–Crippen LogP) is 1.98. The van der Waals surface area contributed by atoms with E-state index in [1.165, 1.54) is 4.88 Å². The lowest BCUT2D eigenvalue weighted by molar-refractivity contribution is 0.281. The molecule has 2 rings (SSSR count). The van der Waals surface area contributed by atoms with Gasteiger partial charge in [-0.15, -0.1) is 11.3 Å².